The number of aryl methyl sites for hydroxylation is 1. The second kappa shape index (κ2) is 4.41. The smallest absolute Gasteiger partial charge is 0.323 e. The first-order valence-corrected chi connectivity index (χ1v) is 4.85. The minimum Gasteiger partial charge on any atom is -0.480 e. The van der Waals surface area contributed by atoms with Crippen molar-refractivity contribution >= 4 is 27.7 Å². The van der Waals surface area contributed by atoms with Gasteiger partial charge >= 0.3 is 5.97 Å². The minimum atomic E-state index is -0.873. The van der Waals surface area contributed by atoms with E-state index in [0.717, 1.165) is 10.0 Å². The van der Waals surface area contributed by atoms with E-state index in [-0.39, 0.29) is 6.54 Å². The molecule has 76 valence electrons. The summed E-state index contributed by atoms with van der Waals surface area (Å²) in [7, 11) is 1.69. The van der Waals surface area contributed by atoms with Crippen LogP contribution in [-0.2, 0) is 4.79 Å². The molecule has 0 unspecified atom stereocenters. The minimum absolute atomic E-state index is 0.0609. The Morgan fingerprint density at radius 3 is 2.86 bits per heavy atom. The first-order valence-electron chi connectivity index (χ1n) is 4.06. The zero-order valence-electron chi connectivity index (χ0n) is 7.99. The highest BCUT2D eigenvalue weighted by molar-refractivity contribution is 9.10. The number of anilines is 1. The summed E-state index contributed by atoms with van der Waals surface area (Å²) in [5.74, 6) is -0.236. The maximum absolute atomic E-state index is 10.5. The lowest BCUT2D eigenvalue weighted by atomic mass is 10.3. The molecule has 1 heterocycles. The molecule has 0 saturated heterocycles. The number of hydrogen-bond donors (Lipinski definition) is 1. The summed E-state index contributed by atoms with van der Waals surface area (Å²) in [5, 5.41) is 8.61. The van der Waals surface area contributed by atoms with E-state index in [2.05, 4.69) is 20.9 Å². The van der Waals surface area contributed by atoms with Crippen LogP contribution < -0.4 is 4.90 Å². The first-order chi connectivity index (χ1) is 6.50. The van der Waals surface area contributed by atoms with Crippen molar-refractivity contribution in [3.8, 4) is 0 Å². The Morgan fingerprint density at radius 1 is 1.71 bits per heavy atom. The predicted octanol–water partition coefficient (Wildman–Crippen LogP) is 1.67. The Balaban J connectivity index is 2.90. The van der Waals surface area contributed by atoms with Crippen molar-refractivity contribution in [3.05, 3.63) is 22.3 Å². The van der Waals surface area contributed by atoms with Crippen LogP contribution in [0.5, 0.6) is 0 Å². The molecule has 1 rings (SSSR count). The summed E-state index contributed by atoms with van der Waals surface area (Å²) in [5.41, 5.74) is 1.03. The summed E-state index contributed by atoms with van der Waals surface area (Å²) in [6, 6.07) is 1.90. The molecule has 0 aliphatic rings. The number of aromatic nitrogens is 1. The van der Waals surface area contributed by atoms with E-state index < -0.39 is 5.97 Å². The van der Waals surface area contributed by atoms with Crippen LogP contribution >= 0.6 is 15.9 Å². The molecule has 1 N–H and O–H groups in total. The van der Waals surface area contributed by atoms with E-state index in [0.29, 0.717) is 5.82 Å². The number of likely N-dealkylation sites (N-methyl/N-ethyl adjacent to an activating group) is 1. The van der Waals surface area contributed by atoms with Crippen molar-refractivity contribution in [2.45, 2.75) is 6.92 Å². The number of carboxylic acid groups (broad SMARTS) is 1. The lowest BCUT2D eigenvalue weighted by Crippen LogP contribution is -2.26. The number of pyridine rings is 1. The zero-order valence-corrected chi connectivity index (χ0v) is 9.58. The van der Waals surface area contributed by atoms with Crippen molar-refractivity contribution < 1.29 is 9.90 Å². The van der Waals surface area contributed by atoms with Crippen molar-refractivity contribution in [3.63, 3.8) is 0 Å². The van der Waals surface area contributed by atoms with Crippen LogP contribution in [0.15, 0.2) is 16.7 Å². The second-order valence-electron chi connectivity index (χ2n) is 3.07. The van der Waals surface area contributed by atoms with Gasteiger partial charge in [0.25, 0.3) is 0 Å². The number of hydrogen-bond acceptors (Lipinski definition) is 3. The van der Waals surface area contributed by atoms with Gasteiger partial charge in [-0.15, -0.1) is 0 Å². The predicted molar refractivity (Wildman–Crippen MR) is 57.6 cm³/mol. The number of aliphatic carboxylic acids is 1. The van der Waals surface area contributed by atoms with Gasteiger partial charge in [0.1, 0.15) is 12.4 Å². The number of carbonyl (C=O) groups is 1. The number of rotatable bonds is 3. The Kier molecular flexibility index (Phi) is 3.46. The van der Waals surface area contributed by atoms with Crippen LogP contribution in [-0.4, -0.2) is 29.7 Å². The van der Waals surface area contributed by atoms with Gasteiger partial charge in [0.2, 0.25) is 0 Å². The van der Waals surface area contributed by atoms with Crippen molar-refractivity contribution in [2.24, 2.45) is 0 Å². The Morgan fingerprint density at radius 2 is 2.36 bits per heavy atom. The molecule has 0 fully saturated rings. The van der Waals surface area contributed by atoms with E-state index >= 15 is 0 Å². The van der Waals surface area contributed by atoms with E-state index in [1.807, 2.05) is 13.0 Å². The van der Waals surface area contributed by atoms with Crippen LogP contribution in [0.25, 0.3) is 0 Å². The van der Waals surface area contributed by atoms with Crippen LogP contribution in [0, 0.1) is 6.92 Å². The van der Waals surface area contributed by atoms with E-state index in [1.165, 1.54) is 0 Å². The molecule has 0 atom stereocenters. The van der Waals surface area contributed by atoms with Crippen molar-refractivity contribution in [1.29, 1.82) is 0 Å². The van der Waals surface area contributed by atoms with E-state index in [9.17, 15) is 4.79 Å². The molecule has 1 aromatic rings. The topological polar surface area (TPSA) is 53.4 Å². The molecule has 5 heteroatoms. The van der Waals surface area contributed by atoms with Gasteiger partial charge in [-0.3, -0.25) is 4.79 Å². The molecule has 14 heavy (non-hydrogen) atoms. The van der Waals surface area contributed by atoms with Crippen LogP contribution in [0.3, 0.4) is 0 Å². The molecular formula is C9H11BrN2O2. The average Bonchev–Trinajstić information content (AvgIpc) is 2.01. The summed E-state index contributed by atoms with van der Waals surface area (Å²) >= 11 is 3.34. The monoisotopic (exact) mass is 258 g/mol. The Bertz CT molecular complexity index is 355. The van der Waals surface area contributed by atoms with Gasteiger partial charge in [-0.1, -0.05) is 0 Å². The summed E-state index contributed by atoms with van der Waals surface area (Å²) in [4.78, 5) is 16.2. The average molecular weight is 259 g/mol. The zero-order chi connectivity index (χ0) is 10.7. The van der Waals surface area contributed by atoms with Crippen LogP contribution in [0.2, 0.25) is 0 Å². The SMILES string of the molecule is Cc1cnc(N(C)CC(=O)O)c(Br)c1. The van der Waals surface area contributed by atoms with Gasteiger partial charge in [-0.25, -0.2) is 4.98 Å². The van der Waals surface area contributed by atoms with E-state index in [1.54, 1.807) is 18.1 Å². The summed E-state index contributed by atoms with van der Waals surface area (Å²) in [6.07, 6.45) is 1.71. The maximum Gasteiger partial charge on any atom is 0.323 e. The third kappa shape index (κ3) is 2.70. The molecule has 0 aliphatic carbocycles. The molecule has 0 aromatic carbocycles. The van der Waals surface area contributed by atoms with Crippen molar-refractivity contribution in [1.82, 2.24) is 4.98 Å². The Labute approximate surface area is 90.7 Å². The Hall–Kier alpha value is -1.10. The third-order valence-corrected chi connectivity index (χ3v) is 2.28. The third-order valence-electron chi connectivity index (χ3n) is 1.69. The molecular weight excluding hydrogens is 248 g/mol. The van der Waals surface area contributed by atoms with Crippen LogP contribution in [0.4, 0.5) is 5.82 Å². The molecule has 0 amide bonds. The quantitative estimate of drug-likeness (QED) is 0.897. The fourth-order valence-corrected chi connectivity index (χ4v) is 1.85. The van der Waals surface area contributed by atoms with Crippen LogP contribution in [0.1, 0.15) is 5.56 Å². The highest BCUT2D eigenvalue weighted by Crippen LogP contribution is 2.23. The lowest BCUT2D eigenvalue weighted by molar-refractivity contribution is -0.135. The first kappa shape index (κ1) is 11.0. The number of carboxylic acids is 1. The second-order valence-corrected chi connectivity index (χ2v) is 3.92. The number of halogens is 1. The number of nitrogens with zero attached hydrogens (tertiary/aromatic N) is 2. The molecule has 0 spiro atoms. The lowest BCUT2D eigenvalue weighted by Gasteiger charge is -2.16. The van der Waals surface area contributed by atoms with Gasteiger partial charge in [-0.05, 0) is 34.5 Å². The highest BCUT2D eigenvalue weighted by Gasteiger charge is 2.10. The molecule has 0 aliphatic heterocycles. The largest absolute Gasteiger partial charge is 0.480 e. The summed E-state index contributed by atoms with van der Waals surface area (Å²) in [6.45, 7) is 1.87. The highest BCUT2D eigenvalue weighted by atomic mass is 79.9. The summed E-state index contributed by atoms with van der Waals surface area (Å²) < 4.78 is 0.807. The normalized spacial score (nSPS) is 9.93. The molecule has 0 radical (unpaired) electrons. The van der Waals surface area contributed by atoms with Gasteiger partial charge < -0.3 is 10.0 Å². The molecule has 0 bridgehead atoms. The fourth-order valence-electron chi connectivity index (χ4n) is 1.08. The maximum atomic E-state index is 10.5. The van der Waals surface area contributed by atoms with Gasteiger partial charge in [0.05, 0.1) is 4.47 Å². The van der Waals surface area contributed by atoms with Gasteiger partial charge in [0, 0.05) is 13.2 Å². The molecule has 0 saturated carbocycles. The standard InChI is InChI=1S/C9H11BrN2O2/c1-6-3-7(10)9(11-4-6)12(2)5-8(13)14/h3-4H,5H2,1-2H3,(H,13,14). The van der Waals surface area contributed by atoms with Gasteiger partial charge in [-0.2, -0.15) is 0 Å². The van der Waals surface area contributed by atoms with E-state index in [4.69, 9.17) is 5.11 Å². The molecule has 4 nitrogen and oxygen atoms in total. The fraction of sp³-hybridized carbons (Fsp3) is 0.333. The van der Waals surface area contributed by atoms with Crippen molar-refractivity contribution in [2.75, 3.05) is 18.5 Å². The molecule has 1 aromatic heterocycles. The van der Waals surface area contributed by atoms with Gasteiger partial charge in [0.15, 0.2) is 0 Å².